The summed E-state index contributed by atoms with van der Waals surface area (Å²) in [6.07, 6.45) is -5.23. The van der Waals surface area contributed by atoms with Crippen LogP contribution in [0.15, 0.2) is 22.1 Å². The molecule has 150 valence electrons. The van der Waals surface area contributed by atoms with Gasteiger partial charge in [0.2, 0.25) is 0 Å². The molecular weight excluding hydrogens is 389 g/mol. The maximum atomic E-state index is 12.6. The molecular formula is C15H19F3N4O4S. The zero-order chi connectivity index (χ0) is 20.4. The van der Waals surface area contributed by atoms with Gasteiger partial charge < -0.3 is 4.74 Å². The van der Waals surface area contributed by atoms with Gasteiger partial charge in [-0.25, -0.2) is 14.0 Å². The van der Waals surface area contributed by atoms with Crippen LogP contribution in [0.4, 0.5) is 13.2 Å². The summed E-state index contributed by atoms with van der Waals surface area (Å²) in [7, 11) is -4.07. The summed E-state index contributed by atoms with van der Waals surface area (Å²) in [4.78, 5) is 12.0. The zero-order valence-electron chi connectivity index (χ0n) is 14.8. The van der Waals surface area contributed by atoms with Crippen LogP contribution in [-0.2, 0) is 9.84 Å². The van der Waals surface area contributed by atoms with Gasteiger partial charge in [0.15, 0.2) is 15.6 Å². The number of carbonyl (C=O) groups excluding carboxylic acids is 1. The minimum Gasteiger partial charge on any atom is -0.404 e. The highest BCUT2D eigenvalue weighted by Gasteiger charge is 2.35. The third-order valence-corrected chi connectivity index (χ3v) is 5.79. The molecule has 0 saturated carbocycles. The predicted molar refractivity (Wildman–Crippen MR) is 90.6 cm³/mol. The molecule has 8 nitrogen and oxygen atoms in total. The number of hydrogen-bond acceptors (Lipinski definition) is 8. The topological polar surface area (TPSA) is 100 Å². The maximum absolute atomic E-state index is 12.6. The lowest BCUT2D eigenvalue weighted by Crippen LogP contribution is -2.41. The van der Waals surface area contributed by atoms with E-state index in [2.05, 4.69) is 20.9 Å². The second kappa shape index (κ2) is 7.72. The number of Topliss-reactive ketones (excluding diaryl/α,β-unsaturated/α-hetero) is 1. The Hall–Kier alpha value is -2.34. The van der Waals surface area contributed by atoms with Gasteiger partial charge in [0.1, 0.15) is 16.5 Å². The highest BCUT2D eigenvalue weighted by Crippen LogP contribution is 2.34. The molecule has 0 fully saturated rings. The number of amidine groups is 1. The van der Waals surface area contributed by atoms with Crippen molar-refractivity contribution in [3.63, 3.8) is 0 Å². The Bertz CT molecular complexity index is 869. The van der Waals surface area contributed by atoms with Crippen molar-refractivity contribution in [2.24, 2.45) is 5.10 Å². The number of hydrazine groups is 2. The van der Waals surface area contributed by atoms with Crippen LogP contribution in [0.5, 0.6) is 5.75 Å². The number of carbonyl (C=O) groups is 1. The number of ketones is 1. The van der Waals surface area contributed by atoms with Gasteiger partial charge in [-0.2, -0.15) is 0 Å². The standard InChI is InChI=1S/C15H19F3N4O4S/c1-4-22-13(19-20-21-22)8-11(23)10-6-7-12(26-15(16,17)18)14(9(10)3)27(24,25)5-2/h6-7,20-21H,4-5,8H2,1-3H3. The Kier molecular flexibility index (Phi) is 6.00. The first-order valence-electron chi connectivity index (χ1n) is 8.00. The normalized spacial score (nSPS) is 14.7. The second-order valence-electron chi connectivity index (χ2n) is 5.61. The lowest BCUT2D eigenvalue weighted by molar-refractivity contribution is -0.275. The molecule has 1 aromatic rings. The van der Waals surface area contributed by atoms with Gasteiger partial charge in [0, 0.05) is 12.1 Å². The molecule has 1 aliphatic heterocycles. The van der Waals surface area contributed by atoms with E-state index in [0.29, 0.717) is 12.4 Å². The molecule has 0 spiro atoms. The molecule has 0 aliphatic carbocycles. The van der Waals surface area contributed by atoms with Crippen LogP contribution < -0.4 is 15.8 Å². The van der Waals surface area contributed by atoms with Crippen molar-refractivity contribution < 1.29 is 31.1 Å². The number of halogens is 3. The molecule has 2 rings (SSSR count). The van der Waals surface area contributed by atoms with Crippen molar-refractivity contribution in [3.05, 3.63) is 23.3 Å². The fourth-order valence-corrected chi connectivity index (χ4v) is 3.90. The number of ether oxygens (including phenoxy) is 1. The molecule has 0 aromatic heterocycles. The van der Waals surface area contributed by atoms with E-state index in [1.54, 1.807) is 5.01 Å². The van der Waals surface area contributed by atoms with E-state index in [-0.39, 0.29) is 17.5 Å². The molecule has 0 saturated heterocycles. The monoisotopic (exact) mass is 408 g/mol. The van der Waals surface area contributed by atoms with Gasteiger partial charge in [-0.15, -0.1) is 23.8 Å². The number of sulfone groups is 1. The summed E-state index contributed by atoms with van der Waals surface area (Å²) >= 11 is 0. The van der Waals surface area contributed by atoms with Gasteiger partial charge in [0.05, 0.1) is 12.2 Å². The minimum atomic E-state index is -5.06. The van der Waals surface area contributed by atoms with Gasteiger partial charge in [-0.1, -0.05) is 6.92 Å². The molecule has 12 heteroatoms. The molecule has 1 aliphatic rings. The molecule has 1 aromatic carbocycles. The van der Waals surface area contributed by atoms with Gasteiger partial charge in [-0.05, 0) is 31.5 Å². The third kappa shape index (κ3) is 4.69. The molecule has 0 atom stereocenters. The van der Waals surface area contributed by atoms with E-state index < -0.39 is 38.4 Å². The van der Waals surface area contributed by atoms with E-state index in [4.69, 9.17) is 0 Å². The highest BCUT2D eigenvalue weighted by atomic mass is 32.2. The number of nitrogens with zero attached hydrogens (tertiary/aromatic N) is 2. The Morgan fingerprint density at radius 3 is 2.52 bits per heavy atom. The van der Waals surface area contributed by atoms with Crippen molar-refractivity contribution in [1.29, 1.82) is 0 Å². The predicted octanol–water partition coefficient (Wildman–Crippen LogP) is 1.92. The Labute approximate surface area is 154 Å². The van der Waals surface area contributed by atoms with Crippen LogP contribution in [0.1, 0.15) is 36.2 Å². The van der Waals surface area contributed by atoms with Crippen molar-refractivity contribution in [1.82, 2.24) is 16.1 Å². The number of hydrogen-bond donors (Lipinski definition) is 2. The Morgan fingerprint density at radius 1 is 1.30 bits per heavy atom. The van der Waals surface area contributed by atoms with Crippen LogP contribution in [-0.4, -0.2) is 43.7 Å². The molecule has 2 N–H and O–H groups in total. The molecule has 0 amide bonds. The smallest absolute Gasteiger partial charge is 0.404 e. The lowest BCUT2D eigenvalue weighted by atomic mass is 10.0. The van der Waals surface area contributed by atoms with Crippen molar-refractivity contribution in [2.75, 3.05) is 12.3 Å². The first-order chi connectivity index (χ1) is 12.5. The lowest BCUT2D eigenvalue weighted by Gasteiger charge is -2.18. The quantitative estimate of drug-likeness (QED) is 0.665. The number of hydrazone groups is 1. The Morgan fingerprint density at radius 2 is 1.96 bits per heavy atom. The van der Waals surface area contributed by atoms with Crippen LogP contribution in [0, 0.1) is 6.92 Å². The fraction of sp³-hybridized carbons (Fsp3) is 0.467. The van der Waals surface area contributed by atoms with Gasteiger partial charge >= 0.3 is 6.36 Å². The Balaban J connectivity index is 2.47. The molecule has 0 radical (unpaired) electrons. The number of nitrogens with one attached hydrogen (secondary N) is 2. The average Bonchev–Trinajstić information content (AvgIpc) is 3.00. The third-order valence-electron chi connectivity index (χ3n) is 3.90. The first kappa shape index (κ1) is 21.0. The van der Waals surface area contributed by atoms with E-state index in [1.807, 2.05) is 6.92 Å². The highest BCUT2D eigenvalue weighted by molar-refractivity contribution is 7.91. The first-order valence-corrected chi connectivity index (χ1v) is 9.65. The summed E-state index contributed by atoms with van der Waals surface area (Å²) in [5.41, 5.74) is 5.09. The summed E-state index contributed by atoms with van der Waals surface area (Å²) in [5, 5.41) is 5.47. The zero-order valence-corrected chi connectivity index (χ0v) is 15.7. The van der Waals surface area contributed by atoms with Crippen LogP contribution >= 0.6 is 0 Å². The summed E-state index contributed by atoms with van der Waals surface area (Å²) < 4.78 is 66.4. The number of benzene rings is 1. The van der Waals surface area contributed by atoms with Gasteiger partial charge in [0.25, 0.3) is 0 Å². The van der Waals surface area contributed by atoms with Crippen molar-refractivity contribution in [3.8, 4) is 5.75 Å². The maximum Gasteiger partial charge on any atom is 0.573 e. The summed E-state index contributed by atoms with van der Waals surface area (Å²) in [6, 6.07) is 1.97. The van der Waals surface area contributed by atoms with E-state index >= 15 is 0 Å². The average molecular weight is 408 g/mol. The van der Waals surface area contributed by atoms with E-state index in [0.717, 1.165) is 12.1 Å². The summed E-state index contributed by atoms with van der Waals surface area (Å²) in [6.45, 7) is 4.90. The molecule has 1 heterocycles. The van der Waals surface area contributed by atoms with E-state index in [9.17, 15) is 26.4 Å². The van der Waals surface area contributed by atoms with Gasteiger partial charge in [-0.3, -0.25) is 9.80 Å². The molecule has 0 unspecified atom stereocenters. The minimum absolute atomic E-state index is 0.0118. The van der Waals surface area contributed by atoms with Crippen LogP contribution in [0.3, 0.4) is 0 Å². The number of rotatable bonds is 7. The van der Waals surface area contributed by atoms with Crippen LogP contribution in [0.25, 0.3) is 0 Å². The van der Waals surface area contributed by atoms with Crippen LogP contribution in [0.2, 0.25) is 0 Å². The van der Waals surface area contributed by atoms with Crippen molar-refractivity contribution >= 4 is 21.5 Å². The SMILES string of the molecule is CCN1NNN=C1CC(=O)c1ccc(OC(F)(F)F)c(S(=O)(=O)CC)c1C. The molecule has 27 heavy (non-hydrogen) atoms. The second-order valence-corrected chi connectivity index (χ2v) is 7.83. The largest absolute Gasteiger partial charge is 0.573 e. The van der Waals surface area contributed by atoms with E-state index in [1.165, 1.54) is 13.8 Å². The fourth-order valence-electron chi connectivity index (χ4n) is 2.61. The molecule has 0 bridgehead atoms. The van der Waals surface area contributed by atoms with Crippen molar-refractivity contribution in [2.45, 2.75) is 38.4 Å². The number of alkyl halides is 3. The summed E-state index contributed by atoms with van der Waals surface area (Å²) in [5.74, 6) is -1.40.